The summed E-state index contributed by atoms with van der Waals surface area (Å²) < 4.78 is 5.45. The maximum absolute atomic E-state index is 12.2. The third-order valence-electron chi connectivity index (χ3n) is 4.84. The first-order valence-corrected chi connectivity index (χ1v) is 10.1. The summed E-state index contributed by atoms with van der Waals surface area (Å²) >= 11 is 0. The summed E-state index contributed by atoms with van der Waals surface area (Å²) in [7, 11) is 0. The third kappa shape index (κ3) is 5.59. The Labute approximate surface area is 171 Å². The molecule has 1 amide bonds. The van der Waals surface area contributed by atoms with Crippen LogP contribution in [0.25, 0.3) is 10.9 Å². The number of phenolic OH excluding ortho intramolecular Hbond substituents is 1. The minimum Gasteiger partial charge on any atom is -0.506 e. The molecule has 0 aliphatic carbocycles. The van der Waals surface area contributed by atoms with Gasteiger partial charge in [0.25, 0.3) is 0 Å². The van der Waals surface area contributed by atoms with Gasteiger partial charge in [-0.3, -0.25) is 0 Å². The normalized spacial score (nSPS) is 15.9. The van der Waals surface area contributed by atoms with Gasteiger partial charge in [-0.15, -0.1) is 0 Å². The smallest absolute Gasteiger partial charge is 0.410 e. The van der Waals surface area contributed by atoms with E-state index in [-0.39, 0.29) is 17.9 Å². The minimum absolute atomic E-state index is 0.152. The second kappa shape index (κ2) is 8.68. The summed E-state index contributed by atoms with van der Waals surface area (Å²) in [5, 5.41) is 14.2. The molecule has 7 nitrogen and oxygen atoms in total. The van der Waals surface area contributed by atoms with E-state index in [4.69, 9.17) is 4.74 Å². The molecule has 0 saturated carbocycles. The fourth-order valence-corrected chi connectivity index (χ4v) is 3.33. The summed E-state index contributed by atoms with van der Waals surface area (Å²) in [4.78, 5) is 22.4. The Balaban J connectivity index is 1.54. The van der Waals surface area contributed by atoms with Crippen molar-refractivity contribution in [1.82, 2.24) is 14.9 Å². The molecule has 0 unspecified atom stereocenters. The van der Waals surface area contributed by atoms with Crippen molar-refractivity contribution in [2.24, 2.45) is 0 Å². The molecule has 1 aliphatic rings. The maximum Gasteiger partial charge on any atom is 0.410 e. The van der Waals surface area contributed by atoms with Crippen molar-refractivity contribution in [3.05, 3.63) is 36.2 Å². The summed E-state index contributed by atoms with van der Waals surface area (Å²) in [6, 6.07) is 5.48. The molecule has 1 aromatic carbocycles. The third-order valence-corrected chi connectivity index (χ3v) is 4.84. The first-order chi connectivity index (χ1) is 13.7. The number of hydrogen-bond acceptors (Lipinski definition) is 6. The number of fused-ring (bicyclic) bond motifs is 1. The first kappa shape index (κ1) is 20.9. The molecule has 0 radical (unpaired) electrons. The minimum atomic E-state index is -0.462. The summed E-state index contributed by atoms with van der Waals surface area (Å²) in [5.74, 6) is 0.871. The number of anilines is 1. The molecule has 1 atom stereocenters. The van der Waals surface area contributed by atoms with Crippen LogP contribution in [0.15, 0.2) is 36.2 Å². The number of nitrogens with zero attached hydrogens (tertiary/aromatic N) is 3. The van der Waals surface area contributed by atoms with Crippen LogP contribution in [0.1, 0.15) is 47.0 Å². The number of piperidine rings is 1. The second-order valence-electron chi connectivity index (χ2n) is 8.51. The quantitative estimate of drug-likeness (QED) is 0.738. The second-order valence-corrected chi connectivity index (χ2v) is 8.51. The van der Waals surface area contributed by atoms with E-state index in [0.29, 0.717) is 18.6 Å². The van der Waals surface area contributed by atoms with Crippen molar-refractivity contribution in [3.63, 3.8) is 0 Å². The Kier molecular flexibility index (Phi) is 6.25. The average Bonchev–Trinajstić information content (AvgIpc) is 2.66. The topological polar surface area (TPSA) is 87.6 Å². The molecule has 0 bridgehead atoms. The Morgan fingerprint density at radius 1 is 1.31 bits per heavy atom. The predicted molar refractivity (Wildman–Crippen MR) is 114 cm³/mol. The van der Waals surface area contributed by atoms with E-state index < -0.39 is 5.60 Å². The fourth-order valence-electron chi connectivity index (χ4n) is 3.33. The SMILES string of the molecule is C[C@@H](CC=C1CCN(C(=O)OC(C)(C)C)CC1)Nc1ncnc2c(O)cccc12. The Bertz CT molecular complexity index is 895. The summed E-state index contributed by atoms with van der Waals surface area (Å²) in [6.07, 6.45) is 6.08. The van der Waals surface area contributed by atoms with E-state index >= 15 is 0 Å². The van der Waals surface area contributed by atoms with Gasteiger partial charge in [0.15, 0.2) is 0 Å². The van der Waals surface area contributed by atoms with Crippen molar-refractivity contribution in [3.8, 4) is 5.75 Å². The van der Waals surface area contributed by atoms with Crippen LogP contribution in [0.2, 0.25) is 0 Å². The molecule has 7 heteroatoms. The number of benzene rings is 1. The standard InChI is InChI=1S/C22H30N4O3/c1-15(25-20-17-6-5-7-18(27)19(17)23-14-24-20)8-9-16-10-12-26(13-11-16)21(28)29-22(2,3)4/h5-7,9,14-15,27H,8,10-13H2,1-4H3,(H,23,24,25)/t15-/m0/s1. The van der Waals surface area contributed by atoms with E-state index in [0.717, 1.165) is 30.5 Å². The largest absolute Gasteiger partial charge is 0.506 e. The van der Waals surface area contributed by atoms with Gasteiger partial charge in [-0.05, 0) is 59.1 Å². The van der Waals surface area contributed by atoms with Gasteiger partial charge in [0, 0.05) is 24.5 Å². The van der Waals surface area contributed by atoms with Crippen LogP contribution >= 0.6 is 0 Å². The lowest BCUT2D eigenvalue weighted by Crippen LogP contribution is -2.40. The highest BCUT2D eigenvalue weighted by molar-refractivity contribution is 5.92. The molecular weight excluding hydrogens is 368 g/mol. The Hall–Kier alpha value is -2.83. The van der Waals surface area contributed by atoms with Crippen LogP contribution < -0.4 is 5.32 Å². The zero-order valence-corrected chi connectivity index (χ0v) is 17.6. The lowest BCUT2D eigenvalue weighted by Gasteiger charge is -2.31. The Morgan fingerprint density at radius 3 is 2.72 bits per heavy atom. The summed E-state index contributed by atoms with van der Waals surface area (Å²) in [6.45, 7) is 9.14. The number of likely N-dealkylation sites (tertiary alicyclic amines) is 1. The number of phenols is 1. The van der Waals surface area contributed by atoms with Gasteiger partial charge >= 0.3 is 6.09 Å². The molecule has 0 spiro atoms. The van der Waals surface area contributed by atoms with Crippen LogP contribution in [-0.4, -0.2) is 50.8 Å². The lowest BCUT2D eigenvalue weighted by molar-refractivity contribution is 0.0236. The van der Waals surface area contributed by atoms with E-state index in [1.807, 2.05) is 26.8 Å². The van der Waals surface area contributed by atoms with Crippen LogP contribution in [0.3, 0.4) is 0 Å². The molecule has 1 saturated heterocycles. The molecule has 2 aromatic rings. The highest BCUT2D eigenvalue weighted by Crippen LogP contribution is 2.27. The number of rotatable bonds is 4. The van der Waals surface area contributed by atoms with E-state index in [9.17, 15) is 9.90 Å². The van der Waals surface area contributed by atoms with E-state index in [1.54, 1.807) is 17.0 Å². The molecule has 1 fully saturated rings. The Morgan fingerprint density at radius 2 is 2.03 bits per heavy atom. The number of aromatic hydroxyl groups is 1. The van der Waals surface area contributed by atoms with Crippen molar-refractivity contribution in [2.45, 2.75) is 58.6 Å². The maximum atomic E-state index is 12.2. The van der Waals surface area contributed by atoms with E-state index in [1.165, 1.54) is 11.9 Å². The number of nitrogens with one attached hydrogen (secondary N) is 1. The molecule has 2 heterocycles. The van der Waals surface area contributed by atoms with Crippen molar-refractivity contribution in [1.29, 1.82) is 0 Å². The van der Waals surface area contributed by atoms with Gasteiger partial charge in [-0.2, -0.15) is 0 Å². The van der Waals surface area contributed by atoms with Crippen LogP contribution in [0, 0.1) is 0 Å². The highest BCUT2D eigenvalue weighted by Gasteiger charge is 2.24. The number of carbonyl (C=O) groups excluding carboxylic acids is 1. The zero-order valence-electron chi connectivity index (χ0n) is 17.6. The van der Waals surface area contributed by atoms with Gasteiger partial charge in [0.2, 0.25) is 0 Å². The molecule has 1 aromatic heterocycles. The molecule has 2 N–H and O–H groups in total. The molecule has 1 aliphatic heterocycles. The van der Waals surface area contributed by atoms with Gasteiger partial charge < -0.3 is 20.1 Å². The number of carbonyl (C=O) groups is 1. The van der Waals surface area contributed by atoms with E-state index in [2.05, 4.69) is 28.3 Å². The first-order valence-electron chi connectivity index (χ1n) is 10.1. The van der Waals surface area contributed by atoms with Crippen molar-refractivity contribution < 1.29 is 14.6 Å². The van der Waals surface area contributed by atoms with Crippen LogP contribution in [0.4, 0.5) is 10.6 Å². The van der Waals surface area contributed by atoms with Crippen LogP contribution in [-0.2, 0) is 4.74 Å². The monoisotopic (exact) mass is 398 g/mol. The molecule has 3 rings (SSSR count). The average molecular weight is 399 g/mol. The van der Waals surface area contributed by atoms with Crippen LogP contribution in [0.5, 0.6) is 5.75 Å². The zero-order chi connectivity index (χ0) is 21.0. The number of amides is 1. The number of aromatic nitrogens is 2. The fraction of sp³-hybridized carbons (Fsp3) is 0.500. The molecule has 29 heavy (non-hydrogen) atoms. The number of ether oxygens (including phenoxy) is 1. The lowest BCUT2D eigenvalue weighted by atomic mass is 10.0. The molecular formula is C22H30N4O3. The van der Waals surface area contributed by atoms with Gasteiger partial charge in [-0.1, -0.05) is 17.7 Å². The van der Waals surface area contributed by atoms with Crippen molar-refractivity contribution >= 4 is 22.8 Å². The van der Waals surface area contributed by atoms with Gasteiger partial charge in [0.05, 0.1) is 0 Å². The number of hydrogen-bond donors (Lipinski definition) is 2. The number of para-hydroxylation sites is 1. The molecule has 156 valence electrons. The highest BCUT2D eigenvalue weighted by atomic mass is 16.6. The van der Waals surface area contributed by atoms with Gasteiger partial charge in [0.1, 0.15) is 29.0 Å². The van der Waals surface area contributed by atoms with Crippen molar-refractivity contribution in [2.75, 3.05) is 18.4 Å². The summed E-state index contributed by atoms with van der Waals surface area (Å²) in [5.41, 5.74) is 1.45. The van der Waals surface area contributed by atoms with Gasteiger partial charge in [-0.25, -0.2) is 14.8 Å². The predicted octanol–water partition coefficient (Wildman–Crippen LogP) is 4.48.